The molecule has 2 heterocycles. The van der Waals surface area contributed by atoms with Crippen molar-refractivity contribution in [2.75, 3.05) is 23.7 Å². The summed E-state index contributed by atoms with van der Waals surface area (Å²) in [6.07, 6.45) is 0. The highest BCUT2D eigenvalue weighted by Gasteiger charge is 2.30. The molecule has 1 fully saturated rings. The van der Waals surface area contributed by atoms with Crippen LogP contribution in [0.2, 0.25) is 5.15 Å². The Hall–Kier alpha value is -0.940. The molecule has 0 atom stereocenters. The van der Waals surface area contributed by atoms with Crippen LogP contribution in [0.4, 0.5) is 5.82 Å². The molecule has 1 saturated heterocycles. The van der Waals surface area contributed by atoms with Gasteiger partial charge in [0, 0.05) is 23.6 Å². The van der Waals surface area contributed by atoms with E-state index in [1.807, 2.05) is 16.7 Å². The molecule has 0 unspecified atom stereocenters. The maximum Gasteiger partial charge on any atom is 0.339 e. The number of thioether (sulfide) groups is 1. The van der Waals surface area contributed by atoms with E-state index in [0.717, 1.165) is 18.8 Å². The molecule has 1 aliphatic rings. The number of nitrogens with zero attached hydrogens (tertiary/aromatic N) is 2. The number of anilines is 1. The average molecular weight is 287 g/mol. The average Bonchev–Trinajstić information content (AvgIpc) is 2.27. The molecular weight excluding hydrogens is 272 g/mol. The lowest BCUT2D eigenvalue weighted by molar-refractivity contribution is 0.0697. The molecule has 1 aliphatic heterocycles. The number of aromatic nitrogens is 1. The van der Waals surface area contributed by atoms with Crippen LogP contribution >= 0.6 is 23.4 Å². The Kier molecular flexibility index (Phi) is 3.73. The Morgan fingerprint density at radius 2 is 2.28 bits per heavy atom. The number of pyridine rings is 1. The van der Waals surface area contributed by atoms with Crippen LogP contribution < -0.4 is 4.90 Å². The predicted octanol–water partition coefficient (Wildman–Crippen LogP) is 2.77. The summed E-state index contributed by atoms with van der Waals surface area (Å²) < 4.78 is 0.0953. The van der Waals surface area contributed by atoms with Crippen molar-refractivity contribution in [1.29, 1.82) is 0 Å². The fourth-order valence-electron chi connectivity index (χ4n) is 2.03. The SMILES string of the molecule is CC1(C)CN(c2nc(Cl)ccc2C(=O)O)CCS1. The lowest BCUT2D eigenvalue weighted by atomic mass is 10.1. The van der Waals surface area contributed by atoms with Gasteiger partial charge in [0.2, 0.25) is 0 Å². The van der Waals surface area contributed by atoms with Crippen LogP contribution in [0.5, 0.6) is 0 Å². The Morgan fingerprint density at radius 1 is 1.56 bits per heavy atom. The van der Waals surface area contributed by atoms with Gasteiger partial charge in [-0.1, -0.05) is 11.6 Å². The van der Waals surface area contributed by atoms with Gasteiger partial charge in [-0.2, -0.15) is 11.8 Å². The Balaban J connectivity index is 2.37. The Labute approximate surface area is 115 Å². The summed E-state index contributed by atoms with van der Waals surface area (Å²) in [5, 5.41) is 9.53. The molecule has 0 aromatic carbocycles. The first-order valence-electron chi connectivity index (χ1n) is 5.68. The van der Waals surface area contributed by atoms with Crippen molar-refractivity contribution in [3.63, 3.8) is 0 Å². The second-order valence-corrected chi connectivity index (χ2v) is 7.03. The smallest absolute Gasteiger partial charge is 0.339 e. The highest BCUT2D eigenvalue weighted by atomic mass is 35.5. The van der Waals surface area contributed by atoms with Gasteiger partial charge in [0.05, 0.1) is 0 Å². The number of rotatable bonds is 2. The first kappa shape index (κ1) is 13.5. The summed E-state index contributed by atoms with van der Waals surface area (Å²) in [5.41, 5.74) is 0.210. The Morgan fingerprint density at radius 3 is 2.89 bits per heavy atom. The molecule has 0 bridgehead atoms. The zero-order valence-corrected chi connectivity index (χ0v) is 11.9. The highest BCUT2D eigenvalue weighted by Crippen LogP contribution is 2.33. The summed E-state index contributed by atoms with van der Waals surface area (Å²) in [5.74, 6) is 0.467. The van der Waals surface area contributed by atoms with E-state index in [9.17, 15) is 9.90 Å². The number of aromatic carboxylic acids is 1. The molecule has 2 rings (SSSR count). The molecule has 18 heavy (non-hydrogen) atoms. The highest BCUT2D eigenvalue weighted by molar-refractivity contribution is 8.00. The van der Waals surface area contributed by atoms with Gasteiger partial charge in [0.25, 0.3) is 0 Å². The lowest BCUT2D eigenvalue weighted by Gasteiger charge is -2.38. The van der Waals surface area contributed by atoms with E-state index in [1.54, 1.807) is 0 Å². The summed E-state index contributed by atoms with van der Waals surface area (Å²) in [7, 11) is 0. The zero-order chi connectivity index (χ0) is 13.3. The molecular formula is C12H15ClN2O2S. The van der Waals surface area contributed by atoms with Crippen molar-refractivity contribution in [3.05, 3.63) is 22.8 Å². The van der Waals surface area contributed by atoms with Crippen molar-refractivity contribution in [1.82, 2.24) is 4.98 Å². The van der Waals surface area contributed by atoms with Crippen molar-refractivity contribution < 1.29 is 9.90 Å². The van der Waals surface area contributed by atoms with E-state index < -0.39 is 5.97 Å². The van der Waals surface area contributed by atoms with Crippen molar-refractivity contribution in [2.45, 2.75) is 18.6 Å². The van der Waals surface area contributed by atoms with Crippen LogP contribution in [0, 0.1) is 0 Å². The minimum Gasteiger partial charge on any atom is -0.478 e. The van der Waals surface area contributed by atoms with E-state index in [1.165, 1.54) is 12.1 Å². The van der Waals surface area contributed by atoms with Gasteiger partial charge in [-0.25, -0.2) is 9.78 Å². The predicted molar refractivity (Wildman–Crippen MR) is 75.0 cm³/mol. The molecule has 6 heteroatoms. The minimum atomic E-state index is -0.967. The standard InChI is InChI=1S/C12H15ClN2O2S/c1-12(2)7-15(5-6-18-12)10-8(11(16)17)3-4-9(13)14-10/h3-4H,5-7H2,1-2H3,(H,16,17). The summed E-state index contributed by atoms with van der Waals surface area (Å²) >= 11 is 7.76. The first-order chi connectivity index (χ1) is 8.39. The summed E-state index contributed by atoms with van der Waals surface area (Å²) in [4.78, 5) is 17.4. The van der Waals surface area contributed by atoms with Gasteiger partial charge in [-0.3, -0.25) is 0 Å². The normalized spacial score (nSPS) is 18.7. The van der Waals surface area contributed by atoms with E-state index in [0.29, 0.717) is 11.0 Å². The lowest BCUT2D eigenvalue weighted by Crippen LogP contribution is -2.44. The molecule has 0 saturated carbocycles. The van der Waals surface area contributed by atoms with Crippen LogP contribution in [0.15, 0.2) is 12.1 Å². The number of carboxylic acid groups (broad SMARTS) is 1. The molecule has 0 aliphatic carbocycles. The van der Waals surface area contributed by atoms with Gasteiger partial charge in [-0.15, -0.1) is 0 Å². The number of hydrogen-bond donors (Lipinski definition) is 1. The third kappa shape index (κ3) is 2.90. The third-order valence-corrected chi connectivity index (χ3v) is 4.30. The largest absolute Gasteiger partial charge is 0.478 e. The molecule has 0 radical (unpaired) electrons. The first-order valence-corrected chi connectivity index (χ1v) is 7.04. The zero-order valence-electron chi connectivity index (χ0n) is 10.3. The summed E-state index contributed by atoms with van der Waals surface area (Å²) in [6, 6.07) is 3.03. The second kappa shape index (κ2) is 4.97. The van der Waals surface area contributed by atoms with Gasteiger partial charge in [0.15, 0.2) is 0 Å². The molecule has 0 amide bonds. The van der Waals surface area contributed by atoms with Crippen LogP contribution in [-0.4, -0.2) is 39.6 Å². The molecule has 0 spiro atoms. The fraction of sp³-hybridized carbons (Fsp3) is 0.500. The van der Waals surface area contributed by atoms with E-state index in [2.05, 4.69) is 18.8 Å². The topological polar surface area (TPSA) is 53.4 Å². The number of halogens is 1. The molecule has 1 aromatic rings. The van der Waals surface area contributed by atoms with Crippen LogP contribution in [-0.2, 0) is 0 Å². The minimum absolute atomic E-state index is 0.0953. The van der Waals surface area contributed by atoms with E-state index >= 15 is 0 Å². The van der Waals surface area contributed by atoms with Gasteiger partial charge >= 0.3 is 5.97 Å². The van der Waals surface area contributed by atoms with Gasteiger partial charge in [-0.05, 0) is 26.0 Å². The molecule has 98 valence electrons. The van der Waals surface area contributed by atoms with E-state index in [-0.39, 0.29) is 10.3 Å². The van der Waals surface area contributed by atoms with Gasteiger partial charge < -0.3 is 10.0 Å². The Bertz CT molecular complexity index is 479. The second-order valence-electron chi connectivity index (χ2n) is 4.84. The molecule has 1 aromatic heterocycles. The maximum atomic E-state index is 11.2. The number of carbonyl (C=O) groups is 1. The van der Waals surface area contributed by atoms with Crippen LogP contribution in [0.3, 0.4) is 0 Å². The van der Waals surface area contributed by atoms with Crippen LogP contribution in [0.25, 0.3) is 0 Å². The van der Waals surface area contributed by atoms with Crippen molar-refractivity contribution in [2.24, 2.45) is 0 Å². The van der Waals surface area contributed by atoms with Gasteiger partial charge in [0.1, 0.15) is 16.5 Å². The molecule has 1 N–H and O–H groups in total. The number of carboxylic acids is 1. The quantitative estimate of drug-likeness (QED) is 0.847. The van der Waals surface area contributed by atoms with Crippen molar-refractivity contribution in [3.8, 4) is 0 Å². The maximum absolute atomic E-state index is 11.2. The van der Waals surface area contributed by atoms with Crippen LogP contribution in [0.1, 0.15) is 24.2 Å². The third-order valence-electron chi connectivity index (χ3n) is 2.80. The van der Waals surface area contributed by atoms with Crippen molar-refractivity contribution >= 4 is 35.1 Å². The summed E-state index contributed by atoms with van der Waals surface area (Å²) in [6.45, 7) is 5.86. The number of hydrogen-bond acceptors (Lipinski definition) is 4. The monoisotopic (exact) mass is 286 g/mol. The fourth-order valence-corrected chi connectivity index (χ4v) is 3.28. The molecule has 4 nitrogen and oxygen atoms in total. The van der Waals surface area contributed by atoms with E-state index in [4.69, 9.17) is 11.6 Å².